The molecule has 4 aliphatic rings. The summed E-state index contributed by atoms with van der Waals surface area (Å²) in [5.41, 5.74) is -0.386. The summed E-state index contributed by atoms with van der Waals surface area (Å²) < 4.78 is 48.0. The molecule has 3 fully saturated rings. The van der Waals surface area contributed by atoms with Crippen molar-refractivity contribution in [3.05, 3.63) is 66.1 Å². The minimum Gasteiger partial charge on any atom is -0.471 e. The Balaban J connectivity index is 1.19. The quantitative estimate of drug-likeness (QED) is 0.300. The lowest BCUT2D eigenvalue weighted by Gasteiger charge is -2.29. The van der Waals surface area contributed by atoms with Gasteiger partial charge in [0.1, 0.15) is 40.9 Å². The molecule has 0 radical (unpaired) electrons. The van der Waals surface area contributed by atoms with Crippen molar-refractivity contribution in [3.8, 4) is 5.88 Å². The van der Waals surface area contributed by atoms with Gasteiger partial charge in [-0.1, -0.05) is 25.0 Å². The van der Waals surface area contributed by atoms with Crippen LogP contribution in [0.1, 0.15) is 74.0 Å². The minimum absolute atomic E-state index is 0.0175. The number of sulfonamides is 1. The number of aryl methyl sites for hydroxylation is 1. The van der Waals surface area contributed by atoms with Crippen molar-refractivity contribution in [3.63, 3.8) is 0 Å². The second-order valence-electron chi connectivity index (χ2n) is 13.9. The van der Waals surface area contributed by atoms with E-state index in [2.05, 4.69) is 35.3 Å². The first kappa shape index (κ1) is 35.3. The molecule has 274 valence electrons. The normalized spacial score (nSPS) is 27.3. The van der Waals surface area contributed by atoms with Gasteiger partial charge in [-0.15, -0.1) is 0 Å². The van der Waals surface area contributed by atoms with Crippen LogP contribution in [0.4, 0.5) is 4.39 Å². The fourth-order valence-electron chi connectivity index (χ4n) is 6.86. The van der Waals surface area contributed by atoms with E-state index in [1.807, 2.05) is 12.2 Å². The Morgan fingerprint density at radius 1 is 1.08 bits per heavy atom. The van der Waals surface area contributed by atoms with Crippen LogP contribution >= 0.6 is 0 Å². The number of nitrogens with zero attached hydrogens (tertiary/aromatic N) is 5. The van der Waals surface area contributed by atoms with Gasteiger partial charge in [-0.25, -0.2) is 27.8 Å². The molecular weight excluding hydrogens is 695 g/mol. The molecule has 4 heterocycles. The number of rotatable bonds is 7. The summed E-state index contributed by atoms with van der Waals surface area (Å²) in [6, 6.07) is 1.80. The standard InChI is InChI=1S/C35H39FN8O7S/c1-20-32(41-27-15-22(36)9-12-25(27)39-20)51-23-16-29-31(46)42-35(34(48)43-52(49,50)24-10-11-24)17-21(35)7-5-3-2-4-6-8-26(33(47)44(29)19-23)40-30(45)28-18-37-13-14-38-28/h5,7,9,12-15,18,21,23-24,26,29H,2-4,6,8,10-11,16-17,19H2,1H3,(H,40,45)(H,42,46)(H,43,48)/b7-5-/t21?,23-,26+,29+,35-/m1/s1. The van der Waals surface area contributed by atoms with E-state index in [0.717, 1.165) is 12.8 Å². The smallest absolute Gasteiger partial charge is 0.272 e. The molecule has 4 amide bonds. The lowest BCUT2D eigenvalue weighted by molar-refractivity contribution is -0.141. The van der Waals surface area contributed by atoms with Gasteiger partial charge in [-0.3, -0.25) is 28.9 Å². The number of amides is 4. The zero-order valence-corrected chi connectivity index (χ0v) is 29.3. The summed E-state index contributed by atoms with van der Waals surface area (Å²) in [4.78, 5) is 73.8. The Labute approximate surface area is 299 Å². The first-order chi connectivity index (χ1) is 24.9. The van der Waals surface area contributed by atoms with Crippen LogP contribution in [0.5, 0.6) is 5.88 Å². The van der Waals surface area contributed by atoms with Crippen LogP contribution in [-0.2, 0) is 24.4 Å². The summed E-state index contributed by atoms with van der Waals surface area (Å²) in [7, 11) is -3.91. The molecular formula is C35H39FN8O7S. The monoisotopic (exact) mass is 734 g/mol. The van der Waals surface area contributed by atoms with Gasteiger partial charge in [-0.2, -0.15) is 0 Å². The number of ether oxygens (including phenoxy) is 1. The maximum Gasteiger partial charge on any atom is 0.272 e. The highest BCUT2D eigenvalue weighted by molar-refractivity contribution is 7.91. The predicted molar refractivity (Wildman–Crippen MR) is 183 cm³/mol. The van der Waals surface area contributed by atoms with E-state index in [-0.39, 0.29) is 42.9 Å². The summed E-state index contributed by atoms with van der Waals surface area (Å²) in [5.74, 6) is -3.50. The lowest BCUT2D eigenvalue weighted by Crippen LogP contribution is -2.58. The number of hydrogen-bond donors (Lipinski definition) is 3. The highest BCUT2D eigenvalue weighted by Crippen LogP contribution is 2.46. The third-order valence-corrected chi connectivity index (χ3v) is 11.8. The number of nitrogens with one attached hydrogen (secondary N) is 3. The number of hydrogen-bond acceptors (Lipinski definition) is 11. The van der Waals surface area contributed by atoms with Crippen LogP contribution in [-0.4, -0.2) is 92.4 Å². The van der Waals surface area contributed by atoms with E-state index < -0.39 is 74.4 Å². The largest absolute Gasteiger partial charge is 0.471 e. The molecule has 3 aromatic rings. The van der Waals surface area contributed by atoms with Gasteiger partial charge in [0.25, 0.3) is 11.8 Å². The molecule has 15 nitrogen and oxygen atoms in total. The molecule has 2 aliphatic carbocycles. The molecule has 1 unspecified atom stereocenters. The summed E-state index contributed by atoms with van der Waals surface area (Å²) >= 11 is 0. The Bertz CT molecular complexity index is 2050. The third-order valence-electron chi connectivity index (χ3n) is 9.98. The van der Waals surface area contributed by atoms with Crippen LogP contribution in [0.25, 0.3) is 11.0 Å². The predicted octanol–water partition coefficient (Wildman–Crippen LogP) is 2.02. The van der Waals surface area contributed by atoms with Gasteiger partial charge in [0, 0.05) is 30.8 Å². The second-order valence-corrected chi connectivity index (χ2v) is 15.8. The Hall–Kier alpha value is -5.06. The van der Waals surface area contributed by atoms with Gasteiger partial charge in [0.05, 0.1) is 29.0 Å². The number of aromatic nitrogens is 4. The minimum atomic E-state index is -3.91. The van der Waals surface area contributed by atoms with Crippen LogP contribution in [0, 0.1) is 18.7 Å². The Kier molecular flexibility index (Phi) is 9.63. The molecule has 52 heavy (non-hydrogen) atoms. The molecule has 1 aromatic carbocycles. The number of fused-ring (bicyclic) bond motifs is 3. The summed E-state index contributed by atoms with van der Waals surface area (Å²) in [6.45, 7) is 1.59. The highest BCUT2D eigenvalue weighted by Gasteiger charge is 2.62. The van der Waals surface area contributed by atoms with Crippen molar-refractivity contribution in [2.24, 2.45) is 5.92 Å². The molecule has 1 saturated heterocycles. The molecule has 2 saturated carbocycles. The number of allylic oxidation sites excluding steroid dienone is 1. The zero-order chi connectivity index (χ0) is 36.6. The lowest BCUT2D eigenvalue weighted by atomic mass is 10.0. The summed E-state index contributed by atoms with van der Waals surface area (Å²) in [6.07, 6.45) is 11.1. The molecule has 5 atom stereocenters. The first-order valence-corrected chi connectivity index (χ1v) is 19.0. The van der Waals surface area contributed by atoms with E-state index in [4.69, 9.17) is 4.74 Å². The topological polar surface area (TPSA) is 203 Å². The average molecular weight is 735 g/mol. The zero-order valence-electron chi connectivity index (χ0n) is 28.5. The van der Waals surface area contributed by atoms with Crippen molar-refractivity contribution in [2.75, 3.05) is 6.54 Å². The first-order valence-electron chi connectivity index (χ1n) is 17.5. The number of carbonyl (C=O) groups is 4. The van der Waals surface area contributed by atoms with Gasteiger partial charge in [0.15, 0.2) is 0 Å². The molecule has 3 N–H and O–H groups in total. The Morgan fingerprint density at radius 3 is 2.67 bits per heavy atom. The van der Waals surface area contributed by atoms with Crippen LogP contribution in [0.15, 0.2) is 48.9 Å². The van der Waals surface area contributed by atoms with E-state index in [0.29, 0.717) is 36.9 Å². The SMILES string of the molecule is Cc1nc2ccc(F)cc2nc1O[C@@H]1C[C@H]2C(=O)N[C@]3(C(=O)NS(=O)(=O)C4CC4)CC3/C=C\CCCCC[C@H](NC(=O)c3cnccn3)C(=O)N2C1. The maximum absolute atomic E-state index is 14.4. The average Bonchev–Trinajstić information content (AvgIpc) is 4.04. The van der Waals surface area contributed by atoms with E-state index >= 15 is 0 Å². The van der Waals surface area contributed by atoms with Crippen LogP contribution in [0.2, 0.25) is 0 Å². The van der Waals surface area contributed by atoms with Crippen molar-refractivity contribution < 1.29 is 36.7 Å². The fourth-order valence-corrected chi connectivity index (χ4v) is 8.23. The van der Waals surface area contributed by atoms with E-state index in [1.54, 1.807) is 6.92 Å². The number of benzene rings is 1. The van der Waals surface area contributed by atoms with Crippen molar-refractivity contribution in [2.45, 2.75) is 93.7 Å². The molecule has 2 aromatic heterocycles. The third kappa shape index (κ3) is 7.45. The molecule has 0 spiro atoms. The van der Waals surface area contributed by atoms with Crippen molar-refractivity contribution in [1.82, 2.24) is 40.2 Å². The van der Waals surface area contributed by atoms with Gasteiger partial charge in [0.2, 0.25) is 27.7 Å². The highest BCUT2D eigenvalue weighted by atomic mass is 32.2. The number of carbonyl (C=O) groups excluding carboxylic acids is 4. The maximum atomic E-state index is 14.4. The fraction of sp³-hybridized carbons (Fsp3) is 0.486. The van der Waals surface area contributed by atoms with Crippen LogP contribution < -0.4 is 20.1 Å². The van der Waals surface area contributed by atoms with E-state index in [1.165, 1.54) is 41.7 Å². The molecule has 0 bridgehead atoms. The van der Waals surface area contributed by atoms with Gasteiger partial charge in [-0.05, 0) is 57.6 Å². The molecule has 17 heteroatoms. The number of halogens is 1. The van der Waals surface area contributed by atoms with E-state index in [9.17, 15) is 32.0 Å². The van der Waals surface area contributed by atoms with Gasteiger partial charge < -0.3 is 20.3 Å². The van der Waals surface area contributed by atoms with Crippen LogP contribution in [0.3, 0.4) is 0 Å². The van der Waals surface area contributed by atoms with Crippen molar-refractivity contribution in [1.29, 1.82) is 0 Å². The van der Waals surface area contributed by atoms with Crippen molar-refractivity contribution >= 4 is 44.7 Å². The summed E-state index contributed by atoms with van der Waals surface area (Å²) in [5, 5.41) is 4.96. The van der Waals surface area contributed by atoms with Gasteiger partial charge >= 0.3 is 0 Å². The second kappa shape index (κ2) is 14.2. The molecule has 2 aliphatic heterocycles. The molecule has 7 rings (SSSR count). The Morgan fingerprint density at radius 2 is 1.90 bits per heavy atom.